The molecular formula is C16H21N7. The number of aryl methyl sites for hydroxylation is 2. The van der Waals surface area contributed by atoms with Crippen molar-refractivity contribution in [2.24, 2.45) is 0 Å². The van der Waals surface area contributed by atoms with Gasteiger partial charge in [0.15, 0.2) is 11.6 Å². The number of nitrogens with zero attached hydrogens (tertiary/aromatic N) is 6. The van der Waals surface area contributed by atoms with Crippen LogP contribution in [0.5, 0.6) is 0 Å². The summed E-state index contributed by atoms with van der Waals surface area (Å²) in [6, 6.07) is 2.09. The first-order valence-corrected chi connectivity index (χ1v) is 8.05. The van der Waals surface area contributed by atoms with E-state index in [4.69, 9.17) is 5.73 Å². The summed E-state index contributed by atoms with van der Waals surface area (Å²) in [6.07, 6.45) is 2.30. The lowest BCUT2D eigenvalue weighted by atomic mass is 10.1. The Morgan fingerprint density at radius 3 is 2.57 bits per heavy atom. The van der Waals surface area contributed by atoms with E-state index in [0.29, 0.717) is 23.4 Å². The smallest absolute Gasteiger partial charge is 0.254 e. The Balaban J connectivity index is 1.96. The minimum Gasteiger partial charge on any atom is -0.382 e. The Morgan fingerprint density at radius 2 is 1.91 bits per heavy atom. The highest BCUT2D eigenvalue weighted by Crippen LogP contribution is 2.38. The average Bonchev–Trinajstić information content (AvgIpc) is 3.13. The first-order valence-electron chi connectivity index (χ1n) is 8.05. The van der Waals surface area contributed by atoms with Gasteiger partial charge in [-0.05, 0) is 38.7 Å². The lowest BCUT2D eigenvalue weighted by Crippen LogP contribution is -2.14. The van der Waals surface area contributed by atoms with Crippen LogP contribution in [-0.2, 0) is 0 Å². The fraction of sp³-hybridized carbons (Fsp3) is 0.500. The van der Waals surface area contributed by atoms with Crippen LogP contribution in [0.25, 0.3) is 11.5 Å². The highest BCUT2D eigenvalue weighted by atomic mass is 15.4. The molecule has 3 heterocycles. The molecule has 0 aromatic carbocycles. The molecule has 2 N–H and O–H groups in total. The number of hydrogen-bond donors (Lipinski definition) is 1. The zero-order valence-electron chi connectivity index (χ0n) is 13.9. The number of aromatic nitrogens is 6. The second kappa shape index (κ2) is 4.78. The normalized spacial score (nSPS) is 15.0. The van der Waals surface area contributed by atoms with E-state index in [9.17, 15) is 0 Å². The highest BCUT2D eigenvalue weighted by molar-refractivity contribution is 5.60. The molecule has 4 rings (SSSR count). The monoisotopic (exact) mass is 311 g/mol. The second-order valence-electron chi connectivity index (χ2n) is 6.66. The van der Waals surface area contributed by atoms with Crippen LogP contribution in [0, 0.1) is 13.8 Å². The molecule has 0 atom stereocenters. The number of fused-ring (bicyclic) bond motifs is 1. The quantitative estimate of drug-likeness (QED) is 0.803. The van der Waals surface area contributed by atoms with E-state index in [1.807, 2.05) is 18.5 Å². The molecule has 1 aliphatic rings. The summed E-state index contributed by atoms with van der Waals surface area (Å²) in [5, 5.41) is 9.18. The van der Waals surface area contributed by atoms with Crippen LogP contribution in [0.1, 0.15) is 61.4 Å². The van der Waals surface area contributed by atoms with Crippen LogP contribution in [0.15, 0.2) is 6.07 Å². The standard InChI is InChI=1S/C16H21N7/c1-8(2)12-7-9(3)20-22(12)13-10(4)18-16-19-15(11-5-6-11)21-23(16)14(13)17/h7-8,11H,5-6,17H2,1-4H3. The van der Waals surface area contributed by atoms with Crippen molar-refractivity contribution in [3.8, 4) is 5.69 Å². The van der Waals surface area contributed by atoms with E-state index in [1.165, 1.54) is 0 Å². The largest absolute Gasteiger partial charge is 0.382 e. The summed E-state index contributed by atoms with van der Waals surface area (Å²) < 4.78 is 3.55. The molecule has 3 aromatic heterocycles. The Kier molecular flexibility index (Phi) is 2.94. The minimum atomic E-state index is 0.337. The molecule has 120 valence electrons. The summed E-state index contributed by atoms with van der Waals surface area (Å²) in [7, 11) is 0. The summed E-state index contributed by atoms with van der Waals surface area (Å²) in [6.45, 7) is 8.22. The molecule has 3 aromatic rings. The van der Waals surface area contributed by atoms with E-state index in [1.54, 1.807) is 4.52 Å². The van der Waals surface area contributed by atoms with Gasteiger partial charge in [0.25, 0.3) is 5.78 Å². The Labute approximate surface area is 134 Å². The minimum absolute atomic E-state index is 0.337. The van der Waals surface area contributed by atoms with E-state index >= 15 is 0 Å². The van der Waals surface area contributed by atoms with Gasteiger partial charge in [0.2, 0.25) is 0 Å². The predicted molar refractivity (Wildman–Crippen MR) is 87.9 cm³/mol. The molecule has 1 aliphatic carbocycles. The van der Waals surface area contributed by atoms with Crippen molar-refractivity contribution in [3.05, 3.63) is 29.0 Å². The summed E-state index contributed by atoms with van der Waals surface area (Å²) in [5.74, 6) is 2.76. The number of nitrogens with two attached hydrogens (primary N) is 1. The first-order chi connectivity index (χ1) is 11.0. The Hall–Kier alpha value is -2.44. The van der Waals surface area contributed by atoms with Crippen molar-refractivity contribution >= 4 is 11.6 Å². The molecule has 0 amide bonds. The first kappa shape index (κ1) is 14.2. The average molecular weight is 311 g/mol. The zero-order chi connectivity index (χ0) is 16.3. The number of nitrogen functional groups attached to an aromatic ring is 1. The van der Waals surface area contributed by atoms with Gasteiger partial charge in [-0.2, -0.15) is 14.6 Å². The van der Waals surface area contributed by atoms with Gasteiger partial charge in [0.1, 0.15) is 5.69 Å². The number of rotatable bonds is 3. The van der Waals surface area contributed by atoms with Crippen LogP contribution in [-0.4, -0.2) is 29.4 Å². The fourth-order valence-corrected chi connectivity index (χ4v) is 2.93. The SMILES string of the molecule is Cc1cc(C(C)C)n(-c2c(C)nc3nc(C4CC4)nn3c2N)n1. The van der Waals surface area contributed by atoms with Crippen LogP contribution in [0.2, 0.25) is 0 Å². The second-order valence-corrected chi connectivity index (χ2v) is 6.66. The Morgan fingerprint density at radius 1 is 1.17 bits per heavy atom. The molecule has 23 heavy (non-hydrogen) atoms. The van der Waals surface area contributed by atoms with Crippen molar-refractivity contribution in [2.75, 3.05) is 5.73 Å². The maximum Gasteiger partial charge on any atom is 0.254 e. The van der Waals surface area contributed by atoms with Crippen molar-refractivity contribution < 1.29 is 0 Å². The maximum atomic E-state index is 6.42. The van der Waals surface area contributed by atoms with Crippen LogP contribution < -0.4 is 5.73 Å². The maximum absolute atomic E-state index is 6.42. The lowest BCUT2D eigenvalue weighted by Gasteiger charge is -2.14. The topological polar surface area (TPSA) is 86.9 Å². The molecule has 1 fully saturated rings. The van der Waals surface area contributed by atoms with Gasteiger partial charge in [0, 0.05) is 11.6 Å². The van der Waals surface area contributed by atoms with Gasteiger partial charge in [-0.3, -0.25) is 0 Å². The van der Waals surface area contributed by atoms with Crippen molar-refractivity contribution in [2.45, 2.75) is 52.4 Å². The summed E-state index contributed by atoms with van der Waals surface area (Å²) >= 11 is 0. The number of anilines is 1. The zero-order valence-corrected chi connectivity index (χ0v) is 13.9. The molecule has 7 heteroatoms. The molecule has 0 aliphatic heterocycles. The van der Waals surface area contributed by atoms with Crippen molar-refractivity contribution in [1.82, 2.24) is 29.4 Å². The molecule has 0 radical (unpaired) electrons. The molecule has 1 saturated carbocycles. The molecule has 0 bridgehead atoms. The van der Waals surface area contributed by atoms with E-state index in [2.05, 4.69) is 40.1 Å². The van der Waals surface area contributed by atoms with E-state index in [-0.39, 0.29) is 0 Å². The lowest BCUT2D eigenvalue weighted by molar-refractivity contribution is 0.720. The predicted octanol–water partition coefficient (Wildman–Crippen LogP) is 2.51. The van der Waals surface area contributed by atoms with Gasteiger partial charge in [-0.25, -0.2) is 9.67 Å². The third kappa shape index (κ3) is 2.18. The van der Waals surface area contributed by atoms with Crippen molar-refractivity contribution in [3.63, 3.8) is 0 Å². The van der Waals surface area contributed by atoms with E-state index < -0.39 is 0 Å². The van der Waals surface area contributed by atoms with Gasteiger partial charge in [-0.15, -0.1) is 5.10 Å². The summed E-state index contributed by atoms with van der Waals surface area (Å²) in [4.78, 5) is 9.13. The molecule has 7 nitrogen and oxygen atoms in total. The van der Waals surface area contributed by atoms with Gasteiger partial charge >= 0.3 is 0 Å². The van der Waals surface area contributed by atoms with Crippen LogP contribution >= 0.6 is 0 Å². The Bertz CT molecular complexity index is 899. The highest BCUT2D eigenvalue weighted by Gasteiger charge is 2.29. The van der Waals surface area contributed by atoms with Crippen LogP contribution in [0.3, 0.4) is 0 Å². The van der Waals surface area contributed by atoms with Crippen LogP contribution in [0.4, 0.5) is 5.82 Å². The molecular weight excluding hydrogens is 290 g/mol. The number of hydrogen-bond acceptors (Lipinski definition) is 5. The summed E-state index contributed by atoms with van der Waals surface area (Å²) in [5.41, 5.74) is 10.1. The van der Waals surface area contributed by atoms with E-state index in [0.717, 1.165) is 41.4 Å². The molecule has 0 unspecified atom stereocenters. The molecule has 0 spiro atoms. The third-order valence-corrected chi connectivity index (χ3v) is 4.29. The van der Waals surface area contributed by atoms with Gasteiger partial charge in [0.05, 0.1) is 11.4 Å². The van der Waals surface area contributed by atoms with Gasteiger partial charge in [-0.1, -0.05) is 13.8 Å². The molecule has 0 saturated heterocycles. The third-order valence-electron chi connectivity index (χ3n) is 4.29. The van der Waals surface area contributed by atoms with Crippen molar-refractivity contribution in [1.29, 1.82) is 0 Å². The fourth-order valence-electron chi connectivity index (χ4n) is 2.93. The van der Waals surface area contributed by atoms with Gasteiger partial charge < -0.3 is 5.73 Å².